The number of nitrogens with one attached hydrogen (secondary N) is 1. The summed E-state index contributed by atoms with van der Waals surface area (Å²) in [5.74, 6) is 0.102. The maximum Gasteiger partial charge on any atom is 0.262 e. The van der Waals surface area contributed by atoms with Crippen LogP contribution in [-0.4, -0.2) is 27.0 Å². The normalized spacial score (nSPS) is 11.6. The predicted molar refractivity (Wildman–Crippen MR) is 65.3 cm³/mol. The number of aromatic nitrogens is 2. The molecule has 0 aliphatic carbocycles. The van der Waals surface area contributed by atoms with Crippen molar-refractivity contribution in [2.45, 2.75) is 13.8 Å². The molecule has 2 N–H and O–H groups in total. The molecule has 0 fully saturated rings. The van der Waals surface area contributed by atoms with Crippen molar-refractivity contribution < 1.29 is 14.5 Å². The van der Waals surface area contributed by atoms with Crippen molar-refractivity contribution >= 4 is 28.1 Å². The minimum absolute atomic E-state index is 0.340. The van der Waals surface area contributed by atoms with Gasteiger partial charge in [0.1, 0.15) is 22.7 Å². The van der Waals surface area contributed by atoms with E-state index in [2.05, 4.69) is 20.6 Å². The summed E-state index contributed by atoms with van der Waals surface area (Å²) in [6, 6.07) is 0. The molecule has 2 aromatic rings. The molecule has 2 aromatic heterocycles. The molecule has 0 aliphatic rings. The smallest absolute Gasteiger partial charge is 0.262 e. The Morgan fingerprint density at radius 2 is 2.39 bits per heavy atom. The lowest BCUT2D eigenvalue weighted by Crippen LogP contribution is -2.12. The van der Waals surface area contributed by atoms with Crippen LogP contribution in [0.25, 0.3) is 0 Å². The molecule has 0 saturated carbocycles. The first kappa shape index (κ1) is 12.2. The Hall–Kier alpha value is -2.22. The molecule has 0 spiro atoms. The number of thiazole rings is 1. The van der Waals surface area contributed by atoms with Crippen LogP contribution in [0.3, 0.4) is 0 Å². The molecule has 2 rings (SSSR count). The molecule has 1 amide bonds. The van der Waals surface area contributed by atoms with Crippen LogP contribution in [0, 0.1) is 6.92 Å². The van der Waals surface area contributed by atoms with E-state index in [0.717, 1.165) is 0 Å². The maximum atomic E-state index is 11.8. The van der Waals surface area contributed by atoms with Crippen LogP contribution in [0.5, 0.6) is 0 Å². The zero-order valence-electron chi connectivity index (χ0n) is 9.67. The molecule has 0 saturated heterocycles. The van der Waals surface area contributed by atoms with Gasteiger partial charge in [-0.1, -0.05) is 10.3 Å². The number of aryl methyl sites for hydroxylation is 1. The number of carbonyl (C=O) groups excluding carboxylic acids is 1. The van der Waals surface area contributed by atoms with Gasteiger partial charge in [0, 0.05) is 5.38 Å². The van der Waals surface area contributed by atoms with Crippen LogP contribution in [-0.2, 0) is 0 Å². The minimum Gasteiger partial charge on any atom is -0.411 e. The Balaban J connectivity index is 2.13. The third-order valence-corrected chi connectivity index (χ3v) is 3.00. The second kappa shape index (κ2) is 4.96. The minimum atomic E-state index is -0.340. The van der Waals surface area contributed by atoms with Crippen LogP contribution in [0.1, 0.15) is 28.7 Å². The van der Waals surface area contributed by atoms with Crippen LogP contribution < -0.4 is 5.32 Å². The predicted octanol–water partition coefficient (Wildman–Crippen LogP) is 1.89. The summed E-state index contributed by atoms with van der Waals surface area (Å²) in [7, 11) is 0. The van der Waals surface area contributed by atoms with Gasteiger partial charge in [0.15, 0.2) is 5.13 Å². The summed E-state index contributed by atoms with van der Waals surface area (Å²) >= 11 is 1.24. The molecule has 0 unspecified atom stereocenters. The monoisotopic (exact) mass is 266 g/mol. The fourth-order valence-electron chi connectivity index (χ4n) is 1.23. The second-order valence-corrected chi connectivity index (χ2v) is 4.33. The summed E-state index contributed by atoms with van der Waals surface area (Å²) in [6.07, 6.45) is 1.35. The number of anilines is 1. The Morgan fingerprint density at radius 1 is 1.61 bits per heavy atom. The largest absolute Gasteiger partial charge is 0.411 e. The SMILES string of the molecule is CC(=NO)c1csc(NC(=O)c2cnoc2C)n1. The summed E-state index contributed by atoms with van der Waals surface area (Å²) in [5, 5.41) is 19.9. The van der Waals surface area contributed by atoms with Gasteiger partial charge < -0.3 is 9.73 Å². The van der Waals surface area contributed by atoms with Crippen molar-refractivity contribution in [3.63, 3.8) is 0 Å². The number of hydrogen-bond acceptors (Lipinski definition) is 7. The average Bonchev–Trinajstić information content (AvgIpc) is 2.97. The highest BCUT2D eigenvalue weighted by Gasteiger charge is 2.15. The van der Waals surface area contributed by atoms with Crippen molar-refractivity contribution in [2.24, 2.45) is 5.16 Å². The van der Waals surface area contributed by atoms with Gasteiger partial charge in [0.05, 0.1) is 6.20 Å². The van der Waals surface area contributed by atoms with E-state index < -0.39 is 0 Å². The average molecular weight is 266 g/mol. The van der Waals surface area contributed by atoms with E-state index in [-0.39, 0.29) is 5.91 Å². The third-order valence-electron chi connectivity index (χ3n) is 2.24. The van der Waals surface area contributed by atoms with Gasteiger partial charge in [-0.2, -0.15) is 0 Å². The highest BCUT2D eigenvalue weighted by atomic mass is 32.1. The Morgan fingerprint density at radius 3 is 3.00 bits per heavy atom. The molecule has 0 bridgehead atoms. The molecule has 2 heterocycles. The molecular formula is C10H10N4O3S. The summed E-state index contributed by atoms with van der Waals surface area (Å²) in [4.78, 5) is 15.9. The number of amides is 1. The lowest BCUT2D eigenvalue weighted by atomic mass is 10.2. The van der Waals surface area contributed by atoms with E-state index in [1.165, 1.54) is 17.5 Å². The molecule has 0 aliphatic heterocycles. The highest BCUT2D eigenvalue weighted by Crippen LogP contribution is 2.17. The van der Waals surface area contributed by atoms with Crippen molar-refractivity contribution in [1.82, 2.24) is 10.1 Å². The van der Waals surface area contributed by atoms with Gasteiger partial charge in [-0.3, -0.25) is 10.1 Å². The van der Waals surface area contributed by atoms with Crippen LogP contribution in [0.4, 0.5) is 5.13 Å². The van der Waals surface area contributed by atoms with Crippen molar-refractivity contribution in [2.75, 3.05) is 5.32 Å². The maximum absolute atomic E-state index is 11.8. The number of rotatable bonds is 3. The Kier molecular flexibility index (Phi) is 3.38. The van der Waals surface area contributed by atoms with Crippen molar-refractivity contribution in [3.8, 4) is 0 Å². The molecule has 0 radical (unpaired) electrons. The van der Waals surface area contributed by atoms with Gasteiger partial charge in [0.2, 0.25) is 0 Å². The summed E-state index contributed by atoms with van der Waals surface area (Å²) < 4.78 is 4.80. The number of carbonyl (C=O) groups is 1. The fraction of sp³-hybridized carbons (Fsp3) is 0.200. The zero-order valence-corrected chi connectivity index (χ0v) is 10.5. The Labute approximate surface area is 106 Å². The molecule has 7 nitrogen and oxygen atoms in total. The van der Waals surface area contributed by atoms with Gasteiger partial charge in [-0.05, 0) is 13.8 Å². The summed E-state index contributed by atoms with van der Waals surface area (Å²) in [6.45, 7) is 3.27. The Bertz CT molecular complexity index is 602. The van der Waals surface area contributed by atoms with Gasteiger partial charge >= 0.3 is 0 Å². The second-order valence-electron chi connectivity index (χ2n) is 3.47. The number of hydrogen-bond donors (Lipinski definition) is 2. The number of oxime groups is 1. The van der Waals surface area contributed by atoms with Crippen LogP contribution in [0.15, 0.2) is 21.3 Å². The topological polar surface area (TPSA) is 101 Å². The zero-order chi connectivity index (χ0) is 13.1. The first-order valence-electron chi connectivity index (χ1n) is 4.99. The van der Waals surface area contributed by atoms with Gasteiger partial charge in [0.25, 0.3) is 5.91 Å². The molecule has 94 valence electrons. The first-order valence-corrected chi connectivity index (χ1v) is 5.87. The first-order chi connectivity index (χ1) is 8.61. The van der Waals surface area contributed by atoms with Gasteiger partial charge in [-0.25, -0.2) is 4.98 Å². The van der Waals surface area contributed by atoms with E-state index >= 15 is 0 Å². The lowest BCUT2D eigenvalue weighted by Gasteiger charge is -1.98. The van der Waals surface area contributed by atoms with E-state index in [9.17, 15) is 4.79 Å². The molecule has 0 atom stereocenters. The van der Waals surface area contributed by atoms with Crippen molar-refractivity contribution in [1.29, 1.82) is 0 Å². The molecule has 0 aromatic carbocycles. The highest BCUT2D eigenvalue weighted by molar-refractivity contribution is 7.14. The fourth-order valence-corrected chi connectivity index (χ4v) is 1.98. The van der Waals surface area contributed by atoms with Crippen molar-refractivity contribution in [3.05, 3.63) is 28.6 Å². The quantitative estimate of drug-likeness (QED) is 0.502. The standard InChI is InChI=1S/C10H10N4O3S/c1-5(14-16)8-4-18-10(12-8)13-9(15)7-3-11-17-6(7)2/h3-4,16H,1-2H3,(H,12,13,15). The van der Waals surface area contributed by atoms with Crippen LogP contribution >= 0.6 is 11.3 Å². The molecule has 8 heteroatoms. The van der Waals surface area contributed by atoms with E-state index in [1.807, 2.05) is 0 Å². The molecule has 18 heavy (non-hydrogen) atoms. The summed E-state index contributed by atoms with van der Waals surface area (Å²) in [5.41, 5.74) is 1.26. The van der Waals surface area contributed by atoms with E-state index in [0.29, 0.717) is 27.9 Å². The van der Waals surface area contributed by atoms with E-state index in [4.69, 9.17) is 9.73 Å². The number of nitrogens with zero attached hydrogens (tertiary/aromatic N) is 3. The lowest BCUT2D eigenvalue weighted by molar-refractivity contribution is 0.102. The third kappa shape index (κ3) is 2.38. The van der Waals surface area contributed by atoms with Gasteiger partial charge in [-0.15, -0.1) is 11.3 Å². The van der Waals surface area contributed by atoms with E-state index in [1.54, 1.807) is 19.2 Å². The molecular weight excluding hydrogens is 256 g/mol. The van der Waals surface area contributed by atoms with Crippen LogP contribution in [0.2, 0.25) is 0 Å².